The van der Waals surface area contributed by atoms with E-state index < -0.39 is 11.8 Å². The van der Waals surface area contributed by atoms with Crippen molar-refractivity contribution in [3.05, 3.63) is 11.1 Å². The molecule has 1 rings (SSSR count). The maximum absolute atomic E-state index is 11.0. The average Bonchev–Trinajstić information content (AvgIpc) is 2.17. The molecule has 0 saturated carbocycles. The van der Waals surface area contributed by atoms with E-state index in [1.54, 1.807) is 13.8 Å². The van der Waals surface area contributed by atoms with Gasteiger partial charge in [0.25, 0.3) is 0 Å². The first kappa shape index (κ1) is 9.26. The molecule has 0 spiro atoms. The Morgan fingerprint density at radius 3 is 2.42 bits per heavy atom. The van der Waals surface area contributed by atoms with Crippen LogP contribution in [0.15, 0.2) is 11.1 Å². The highest BCUT2D eigenvalue weighted by Crippen LogP contribution is 2.33. The van der Waals surface area contributed by atoms with E-state index in [0.717, 1.165) is 6.42 Å². The molecule has 0 aliphatic carbocycles. The summed E-state index contributed by atoms with van der Waals surface area (Å²) >= 11 is 0. The Labute approximate surface area is 72.0 Å². The maximum atomic E-state index is 11.0. The van der Waals surface area contributed by atoms with Gasteiger partial charge in [-0.25, -0.2) is 4.79 Å². The molecular weight excluding hydrogens is 156 g/mol. The van der Waals surface area contributed by atoms with E-state index in [9.17, 15) is 9.90 Å². The van der Waals surface area contributed by atoms with Gasteiger partial charge in [-0.05, 0) is 20.3 Å². The van der Waals surface area contributed by atoms with Crippen molar-refractivity contribution in [2.24, 2.45) is 0 Å². The molecule has 0 aromatic heterocycles. The van der Waals surface area contributed by atoms with Gasteiger partial charge in [0.2, 0.25) is 5.79 Å². The molecule has 0 aromatic rings. The summed E-state index contributed by atoms with van der Waals surface area (Å²) in [4.78, 5) is 11.0. The van der Waals surface area contributed by atoms with Gasteiger partial charge in [0.1, 0.15) is 0 Å². The zero-order valence-corrected chi connectivity index (χ0v) is 7.68. The predicted octanol–water partition coefficient (Wildman–Crippen LogP) is 1.37. The summed E-state index contributed by atoms with van der Waals surface area (Å²) in [7, 11) is 0. The van der Waals surface area contributed by atoms with Crippen molar-refractivity contribution in [1.29, 1.82) is 0 Å². The molecule has 0 saturated heterocycles. The normalized spacial score (nSPS) is 29.5. The number of hydrogen-bond donors (Lipinski definition) is 1. The van der Waals surface area contributed by atoms with Gasteiger partial charge in [-0.2, -0.15) is 0 Å². The van der Waals surface area contributed by atoms with Crippen LogP contribution in [0.5, 0.6) is 0 Å². The van der Waals surface area contributed by atoms with Crippen LogP contribution in [0.3, 0.4) is 0 Å². The van der Waals surface area contributed by atoms with Crippen molar-refractivity contribution in [1.82, 2.24) is 0 Å². The average molecular weight is 170 g/mol. The molecule has 1 aliphatic rings. The molecule has 3 heteroatoms. The maximum Gasteiger partial charge on any atom is 0.336 e. The van der Waals surface area contributed by atoms with E-state index >= 15 is 0 Å². The molecule has 1 atom stereocenters. The summed E-state index contributed by atoms with van der Waals surface area (Å²) in [5.41, 5.74) is 1.18. The first-order valence-electron chi connectivity index (χ1n) is 4.15. The van der Waals surface area contributed by atoms with Gasteiger partial charge in [-0.1, -0.05) is 6.92 Å². The molecule has 0 fully saturated rings. The SMILES string of the molecule is CCC[C@@]1(O)OC(=O)C(C)=C1C. The van der Waals surface area contributed by atoms with Gasteiger partial charge >= 0.3 is 5.97 Å². The van der Waals surface area contributed by atoms with Gasteiger partial charge in [0.15, 0.2) is 0 Å². The summed E-state index contributed by atoms with van der Waals surface area (Å²) in [5, 5.41) is 9.80. The molecule has 0 amide bonds. The predicted molar refractivity (Wildman–Crippen MR) is 44.3 cm³/mol. The lowest BCUT2D eigenvalue weighted by Crippen LogP contribution is -2.30. The van der Waals surface area contributed by atoms with Crippen LogP contribution in [0, 0.1) is 0 Å². The van der Waals surface area contributed by atoms with E-state index in [2.05, 4.69) is 0 Å². The summed E-state index contributed by atoms with van der Waals surface area (Å²) in [6.45, 7) is 5.34. The van der Waals surface area contributed by atoms with Crippen molar-refractivity contribution in [3.8, 4) is 0 Å². The molecule has 1 heterocycles. The fourth-order valence-corrected chi connectivity index (χ4v) is 1.33. The second-order valence-corrected chi connectivity index (χ2v) is 3.17. The second-order valence-electron chi connectivity index (χ2n) is 3.17. The van der Waals surface area contributed by atoms with Crippen molar-refractivity contribution in [3.63, 3.8) is 0 Å². The highest BCUT2D eigenvalue weighted by molar-refractivity contribution is 5.91. The Bertz CT molecular complexity index is 242. The fourth-order valence-electron chi connectivity index (χ4n) is 1.33. The first-order valence-corrected chi connectivity index (χ1v) is 4.15. The van der Waals surface area contributed by atoms with Crippen LogP contribution in [0.4, 0.5) is 0 Å². The monoisotopic (exact) mass is 170 g/mol. The third-order valence-corrected chi connectivity index (χ3v) is 2.31. The fraction of sp³-hybridized carbons (Fsp3) is 0.667. The Morgan fingerprint density at radius 1 is 1.50 bits per heavy atom. The lowest BCUT2D eigenvalue weighted by Gasteiger charge is -2.22. The van der Waals surface area contributed by atoms with Crippen LogP contribution in [0.1, 0.15) is 33.6 Å². The van der Waals surface area contributed by atoms with Gasteiger partial charge in [-0.3, -0.25) is 0 Å². The van der Waals surface area contributed by atoms with Gasteiger partial charge < -0.3 is 9.84 Å². The Hall–Kier alpha value is -0.830. The number of ether oxygens (including phenoxy) is 1. The van der Waals surface area contributed by atoms with Crippen LogP contribution >= 0.6 is 0 Å². The molecular formula is C9H14O3. The summed E-state index contributed by atoms with van der Waals surface area (Å²) in [5.74, 6) is -1.72. The van der Waals surface area contributed by atoms with Gasteiger partial charge in [0.05, 0.1) is 0 Å². The van der Waals surface area contributed by atoms with E-state index in [1.807, 2.05) is 6.92 Å². The number of esters is 1. The van der Waals surface area contributed by atoms with Crippen LogP contribution in [0.2, 0.25) is 0 Å². The zero-order valence-electron chi connectivity index (χ0n) is 7.68. The minimum absolute atomic E-state index is 0.400. The third-order valence-electron chi connectivity index (χ3n) is 2.31. The van der Waals surface area contributed by atoms with Crippen molar-refractivity contribution in [2.45, 2.75) is 39.4 Å². The van der Waals surface area contributed by atoms with E-state index in [4.69, 9.17) is 4.74 Å². The first-order chi connectivity index (χ1) is 5.51. The Balaban J connectivity index is 2.91. The third kappa shape index (κ3) is 1.25. The van der Waals surface area contributed by atoms with Crippen molar-refractivity contribution < 1.29 is 14.6 Å². The van der Waals surface area contributed by atoms with E-state index in [1.165, 1.54) is 0 Å². The molecule has 3 nitrogen and oxygen atoms in total. The standard InChI is InChI=1S/C9H14O3/c1-4-5-9(11)7(3)6(2)8(10)12-9/h11H,4-5H2,1-3H3/t9-/m1/s1. The summed E-state index contributed by atoms with van der Waals surface area (Å²) in [6, 6.07) is 0. The molecule has 1 aliphatic heterocycles. The van der Waals surface area contributed by atoms with Crippen LogP contribution < -0.4 is 0 Å². The summed E-state index contributed by atoms with van der Waals surface area (Å²) in [6.07, 6.45) is 1.26. The minimum Gasteiger partial charge on any atom is -0.426 e. The lowest BCUT2D eigenvalue weighted by molar-refractivity contribution is -0.183. The molecule has 68 valence electrons. The van der Waals surface area contributed by atoms with Crippen molar-refractivity contribution in [2.75, 3.05) is 0 Å². The minimum atomic E-state index is -1.32. The lowest BCUT2D eigenvalue weighted by atomic mass is 10.0. The number of cyclic esters (lactones) is 1. The van der Waals surface area contributed by atoms with Crippen molar-refractivity contribution >= 4 is 5.97 Å². The summed E-state index contributed by atoms with van der Waals surface area (Å²) < 4.78 is 4.86. The smallest absolute Gasteiger partial charge is 0.336 e. The molecule has 0 bridgehead atoms. The Morgan fingerprint density at radius 2 is 2.08 bits per heavy atom. The number of carbonyl (C=O) groups is 1. The van der Waals surface area contributed by atoms with E-state index in [0.29, 0.717) is 17.6 Å². The number of aliphatic hydroxyl groups is 1. The molecule has 0 unspecified atom stereocenters. The number of carbonyl (C=O) groups excluding carboxylic acids is 1. The topological polar surface area (TPSA) is 46.5 Å². The van der Waals surface area contributed by atoms with Gasteiger partial charge in [0, 0.05) is 17.6 Å². The largest absolute Gasteiger partial charge is 0.426 e. The van der Waals surface area contributed by atoms with Gasteiger partial charge in [-0.15, -0.1) is 0 Å². The highest BCUT2D eigenvalue weighted by atomic mass is 16.7. The molecule has 0 radical (unpaired) electrons. The zero-order chi connectivity index (χ0) is 9.35. The number of rotatable bonds is 2. The number of hydrogen-bond acceptors (Lipinski definition) is 3. The Kier molecular flexibility index (Phi) is 2.24. The quantitative estimate of drug-likeness (QED) is 0.636. The highest BCUT2D eigenvalue weighted by Gasteiger charge is 2.41. The molecule has 12 heavy (non-hydrogen) atoms. The van der Waals surface area contributed by atoms with E-state index in [-0.39, 0.29) is 0 Å². The second kappa shape index (κ2) is 2.90. The van der Waals surface area contributed by atoms with Crippen LogP contribution in [0.25, 0.3) is 0 Å². The molecule has 0 aromatic carbocycles. The van der Waals surface area contributed by atoms with Crippen LogP contribution in [-0.2, 0) is 9.53 Å². The molecule has 1 N–H and O–H groups in total. The van der Waals surface area contributed by atoms with Crippen LogP contribution in [-0.4, -0.2) is 16.9 Å².